The molecule has 41 heavy (non-hydrogen) atoms. The van der Waals surface area contributed by atoms with E-state index in [1.165, 1.54) is 0 Å². The highest BCUT2D eigenvalue weighted by molar-refractivity contribution is 6.23. The SMILES string of the molecule is CCCCCC(CCCO)OC(=O)C12OC1(CC(CO)=C(C)CCC1CCNC(N)C1)C(=O)C1CCCCC1C2=O. The maximum absolute atomic E-state index is 14.1. The molecule has 2 aliphatic carbocycles. The molecular formula is C32H52N2O7. The first-order chi connectivity index (χ1) is 19.7. The normalized spacial score (nSPS) is 34.4. The first kappa shape index (κ1) is 32.3. The summed E-state index contributed by atoms with van der Waals surface area (Å²) in [5, 5.41) is 23.1. The van der Waals surface area contributed by atoms with Crippen molar-refractivity contribution in [3.63, 3.8) is 0 Å². The number of Topliss-reactive ketones (excluding diaryl/α,β-unsaturated/α-hetero) is 2. The zero-order valence-corrected chi connectivity index (χ0v) is 25.1. The van der Waals surface area contributed by atoms with Gasteiger partial charge >= 0.3 is 5.97 Å². The largest absolute Gasteiger partial charge is 0.460 e. The van der Waals surface area contributed by atoms with E-state index < -0.39 is 35.1 Å². The second kappa shape index (κ2) is 14.2. The number of ketones is 2. The van der Waals surface area contributed by atoms with Gasteiger partial charge in [0.1, 0.15) is 6.10 Å². The molecule has 4 aliphatic rings. The highest BCUT2D eigenvalue weighted by Crippen LogP contribution is 2.62. The molecule has 2 saturated heterocycles. The molecule has 232 valence electrons. The van der Waals surface area contributed by atoms with Gasteiger partial charge in [-0.25, -0.2) is 4.79 Å². The Kier molecular flexibility index (Phi) is 11.2. The van der Waals surface area contributed by atoms with Gasteiger partial charge in [-0.3, -0.25) is 9.59 Å². The molecule has 7 atom stereocenters. The highest BCUT2D eigenvalue weighted by Gasteiger charge is 2.87. The standard InChI is InChI=1S/C32H52N2O7/c1-3-4-5-9-24(10-8-17-35)40-30(39)32-29(38)26-12-7-6-11-25(26)28(37)31(32,41-32)19-23(20-36)21(2)13-14-22-15-16-34-27(33)18-22/h22,24-27,34-36H,3-20,33H2,1-2H3. The number of fused-ring (bicyclic) bond motifs is 2. The summed E-state index contributed by atoms with van der Waals surface area (Å²) in [5.74, 6) is -1.76. The number of nitrogens with one attached hydrogen (secondary N) is 1. The van der Waals surface area contributed by atoms with Crippen LogP contribution < -0.4 is 11.1 Å². The van der Waals surface area contributed by atoms with Crippen molar-refractivity contribution in [2.45, 2.75) is 134 Å². The number of ether oxygens (including phenoxy) is 2. The summed E-state index contributed by atoms with van der Waals surface area (Å²) in [6.07, 6.45) is 10.6. The molecule has 9 heteroatoms. The fourth-order valence-electron chi connectivity index (χ4n) is 7.56. The number of aliphatic hydroxyl groups is 2. The third kappa shape index (κ3) is 6.64. The second-order valence-electron chi connectivity index (χ2n) is 12.9. The van der Waals surface area contributed by atoms with Crippen molar-refractivity contribution in [2.24, 2.45) is 23.5 Å². The smallest absolute Gasteiger partial charge is 0.350 e. The molecule has 2 heterocycles. The maximum Gasteiger partial charge on any atom is 0.350 e. The lowest BCUT2D eigenvalue weighted by atomic mass is 9.60. The number of carbonyl (C=O) groups excluding carboxylic acids is 3. The van der Waals surface area contributed by atoms with E-state index in [1.807, 2.05) is 6.92 Å². The summed E-state index contributed by atoms with van der Waals surface area (Å²) in [4.78, 5) is 42.1. The van der Waals surface area contributed by atoms with Crippen LogP contribution in [0.1, 0.15) is 110 Å². The van der Waals surface area contributed by atoms with Crippen LogP contribution in [0.15, 0.2) is 11.1 Å². The number of piperidine rings is 1. The van der Waals surface area contributed by atoms with Gasteiger partial charge in [-0.15, -0.1) is 0 Å². The number of hydrogen-bond acceptors (Lipinski definition) is 9. The molecule has 0 aromatic carbocycles. The molecule has 4 fully saturated rings. The van der Waals surface area contributed by atoms with Crippen LogP contribution in [0.2, 0.25) is 0 Å². The summed E-state index contributed by atoms with van der Waals surface area (Å²) < 4.78 is 12.1. The van der Waals surface area contributed by atoms with Crippen molar-refractivity contribution < 1.29 is 34.1 Å². The predicted octanol–water partition coefficient (Wildman–Crippen LogP) is 3.48. The molecular weight excluding hydrogens is 524 g/mol. The Hall–Kier alpha value is -1.65. The van der Waals surface area contributed by atoms with Gasteiger partial charge in [-0.1, -0.05) is 38.2 Å². The monoisotopic (exact) mass is 576 g/mol. The van der Waals surface area contributed by atoms with Crippen LogP contribution in [0.25, 0.3) is 0 Å². The van der Waals surface area contributed by atoms with Gasteiger partial charge in [-0.2, -0.15) is 0 Å². The fourth-order valence-corrected chi connectivity index (χ4v) is 7.56. The number of allylic oxidation sites excluding steroid dienone is 1. The van der Waals surface area contributed by atoms with E-state index in [4.69, 9.17) is 15.2 Å². The number of unbranched alkanes of at least 4 members (excludes halogenated alkanes) is 2. The minimum absolute atomic E-state index is 0.00165. The lowest BCUT2D eigenvalue weighted by Gasteiger charge is -2.37. The molecule has 0 spiro atoms. The molecule has 5 N–H and O–H groups in total. The summed E-state index contributed by atoms with van der Waals surface area (Å²) >= 11 is 0. The van der Waals surface area contributed by atoms with Crippen LogP contribution in [-0.4, -0.2) is 71.0 Å². The zero-order valence-electron chi connectivity index (χ0n) is 25.1. The molecule has 9 nitrogen and oxygen atoms in total. The molecule has 0 bridgehead atoms. The van der Waals surface area contributed by atoms with E-state index in [9.17, 15) is 24.6 Å². The number of aliphatic hydroxyl groups excluding tert-OH is 2. The van der Waals surface area contributed by atoms with E-state index >= 15 is 0 Å². The van der Waals surface area contributed by atoms with Gasteiger partial charge in [0.15, 0.2) is 17.2 Å². The maximum atomic E-state index is 14.1. The Balaban J connectivity index is 1.58. The Labute approximate surface area is 245 Å². The molecule has 0 aromatic rings. The number of epoxide rings is 1. The predicted molar refractivity (Wildman–Crippen MR) is 155 cm³/mol. The van der Waals surface area contributed by atoms with E-state index in [0.29, 0.717) is 43.6 Å². The average Bonchev–Trinajstić information content (AvgIpc) is 3.68. The lowest BCUT2D eigenvalue weighted by Crippen LogP contribution is -2.58. The lowest BCUT2D eigenvalue weighted by molar-refractivity contribution is -0.163. The van der Waals surface area contributed by atoms with Crippen LogP contribution in [0.4, 0.5) is 0 Å². The molecule has 0 amide bonds. The Morgan fingerprint density at radius 1 is 1.10 bits per heavy atom. The Morgan fingerprint density at radius 3 is 2.46 bits per heavy atom. The van der Waals surface area contributed by atoms with E-state index in [2.05, 4.69) is 12.2 Å². The fraction of sp³-hybridized carbons (Fsp3) is 0.844. The Morgan fingerprint density at radius 2 is 1.80 bits per heavy atom. The Bertz CT molecular complexity index is 983. The van der Waals surface area contributed by atoms with Crippen molar-refractivity contribution in [1.82, 2.24) is 5.32 Å². The number of carbonyl (C=O) groups is 3. The second-order valence-corrected chi connectivity index (χ2v) is 12.9. The highest BCUT2D eigenvalue weighted by atomic mass is 16.7. The van der Waals surface area contributed by atoms with Crippen molar-refractivity contribution >= 4 is 17.5 Å². The minimum atomic E-state index is -1.94. The zero-order chi connectivity index (χ0) is 29.6. The molecule has 0 radical (unpaired) electrons. The van der Waals surface area contributed by atoms with Crippen LogP contribution in [0.5, 0.6) is 0 Å². The molecule has 2 aliphatic heterocycles. The number of nitrogens with two attached hydrogens (primary N) is 1. The van der Waals surface area contributed by atoms with Gasteiger partial charge in [-0.05, 0) is 89.2 Å². The van der Waals surface area contributed by atoms with Gasteiger partial charge in [0.25, 0.3) is 5.60 Å². The quantitative estimate of drug-likeness (QED) is 0.0755. The summed E-state index contributed by atoms with van der Waals surface area (Å²) in [6.45, 7) is 4.67. The third-order valence-electron chi connectivity index (χ3n) is 10.1. The van der Waals surface area contributed by atoms with E-state index in [1.54, 1.807) is 0 Å². The van der Waals surface area contributed by atoms with Crippen molar-refractivity contribution in [2.75, 3.05) is 19.8 Å². The topological polar surface area (TPSA) is 151 Å². The van der Waals surface area contributed by atoms with Crippen LogP contribution >= 0.6 is 0 Å². The van der Waals surface area contributed by atoms with Crippen molar-refractivity contribution in [1.29, 1.82) is 0 Å². The van der Waals surface area contributed by atoms with Gasteiger partial charge < -0.3 is 30.7 Å². The van der Waals surface area contributed by atoms with E-state index in [-0.39, 0.29) is 37.4 Å². The van der Waals surface area contributed by atoms with Gasteiger partial charge in [0.05, 0.1) is 12.8 Å². The van der Waals surface area contributed by atoms with Crippen LogP contribution in [0.3, 0.4) is 0 Å². The van der Waals surface area contributed by atoms with Crippen molar-refractivity contribution in [3.8, 4) is 0 Å². The first-order valence-electron chi connectivity index (χ1n) is 16.1. The average molecular weight is 577 g/mol. The third-order valence-corrected chi connectivity index (χ3v) is 10.1. The number of hydrogen-bond donors (Lipinski definition) is 4. The summed E-state index contributed by atoms with van der Waals surface area (Å²) in [5.41, 5.74) is 4.16. The summed E-state index contributed by atoms with van der Waals surface area (Å²) in [6, 6.07) is 0. The van der Waals surface area contributed by atoms with Crippen molar-refractivity contribution in [3.05, 3.63) is 11.1 Å². The van der Waals surface area contributed by atoms with E-state index in [0.717, 1.165) is 69.9 Å². The number of esters is 1. The minimum Gasteiger partial charge on any atom is -0.460 e. The molecule has 4 rings (SSSR count). The van der Waals surface area contributed by atoms with Gasteiger partial charge in [0.2, 0.25) is 0 Å². The summed E-state index contributed by atoms with van der Waals surface area (Å²) in [7, 11) is 0. The first-order valence-corrected chi connectivity index (χ1v) is 16.1. The van der Waals surface area contributed by atoms with Crippen LogP contribution in [-0.2, 0) is 23.9 Å². The van der Waals surface area contributed by atoms with Crippen LogP contribution in [0, 0.1) is 17.8 Å². The molecule has 0 aromatic heterocycles. The molecule has 2 saturated carbocycles. The van der Waals surface area contributed by atoms with Gasteiger partial charge in [0, 0.05) is 24.9 Å². The molecule has 7 unspecified atom stereocenters. The number of rotatable bonds is 15.